The van der Waals surface area contributed by atoms with Gasteiger partial charge in [-0.05, 0) is 19.8 Å². The lowest BCUT2D eigenvalue weighted by molar-refractivity contribution is 0.577. The van der Waals surface area contributed by atoms with Crippen LogP contribution < -0.4 is 11.1 Å². The Morgan fingerprint density at radius 2 is 1.57 bits per heavy atom. The SMILES string of the molecule is CCCCCCCCCCNc1c(N)c(C)nn1CCC. The summed E-state index contributed by atoms with van der Waals surface area (Å²) in [7, 11) is 0. The molecule has 0 radical (unpaired) electrons. The Bertz CT molecular complexity index is 384. The molecule has 0 aromatic carbocycles. The molecule has 122 valence electrons. The van der Waals surface area contributed by atoms with E-state index in [1.54, 1.807) is 0 Å². The van der Waals surface area contributed by atoms with E-state index in [1.807, 2.05) is 11.6 Å². The average molecular weight is 294 g/mol. The van der Waals surface area contributed by atoms with E-state index in [1.165, 1.54) is 51.4 Å². The smallest absolute Gasteiger partial charge is 0.148 e. The van der Waals surface area contributed by atoms with Gasteiger partial charge in [-0.1, -0.05) is 58.8 Å². The third-order valence-electron chi connectivity index (χ3n) is 3.93. The number of anilines is 2. The lowest BCUT2D eigenvalue weighted by atomic mass is 10.1. The molecule has 0 bridgehead atoms. The fourth-order valence-electron chi connectivity index (χ4n) is 2.62. The molecule has 1 aromatic heterocycles. The number of aryl methyl sites for hydroxylation is 2. The molecule has 21 heavy (non-hydrogen) atoms. The number of aromatic nitrogens is 2. The summed E-state index contributed by atoms with van der Waals surface area (Å²) in [6.45, 7) is 8.33. The molecule has 0 unspecified atom stereocenters. The molecule has 3 N–H and O–H groups in total. The summed E-state index contributed by atoms with van der Waals surface area (Å²) in [6, 6.07) is 0. The van der Waals surface area contributed by atoms with Gasteiger partial charge >= 0.3 is 0 Å². The van der Waals surface area contributed by atoms with Gasteiger partial charge in [0.15, 0.2) is 0 Å². The summed E-state index contributed by atoms with van der Waals surface area (Å²) in [5.74, 6) is 1.01. The van der Waals surface area contributed by atoms with Crippen LogP contribution in [0.25, 0.3) is 0 Å². The zero-order valence-electron chi connectivity index (χ0n) is 14.2. The van der Waals surface area contributed by atoms with Crippen molar-refractivity contribution in [1.82, 2.24) is 9.78 Å². The first-order valence-electron chi connectivity index (χ1n) is 8.77. The van der Waals surface area contributed by atoms with Crippen LogP contribution in [-0.2, 0) is 6.54 Å². The van der Waals surface area contributed by atoms with Gasteiger partial charge in [0.05, 0.1) is 11.4 Å². The first kappa shape index (κ1) is 17.9. The second kappa shape index (κ2) is 10.5. The highest BCUT2D eigenvalue weighted by atomic mass is 15.3. The number of nitrogens with zero attached hydrogens (tertiary/aromatic N) is 2. The molecule has 0 amide bonds. The van der Waals surface area contributed by atoms with Gasteiger partial charge in [0.2, 0.25) is 0 Å². The van der Waals surface area contributed by atoms with Gasteiger partial charge in [-0.2, -0.15) is 5.10 Å². The molecule has 0 aliphatic heterocycles. The zero-order chi connectivity index (χ0) is 15.5. The first-order valence-corrected chi connectivity index (χ1v) is 8.77. The average Bonchev–Trinajstić information content (AvgIpc) is 2.73. The number of nitrogens with two attached hydrogens (primary N) is 1. The van der Waals surface area contributed by atoms with Gasteiger partial charge in [0.1, 0.15) is 5.82 Å². The number of hydrogen-bond donors (Lipinski definition) is 2. The van der Waals surface area contributed by atoms with Crippen molar-refractivity contribution < 1.29 is 0 Å². The summed E-state index contributed by atoms with van der Waals surface area (Å²) >= 11 is 0. The number of nitrogen functional groups attached to an aromatic ring is 1. The van der Waals surface area contributed by atoms with Crippen LogP contribution in [0.1, 0.15) is 77.3 Å². The van der Waals surface area contributed by atoms with Crippen molar-refractivity contribution in [2.45, 2.75) is 85.1 Å². The highest BCUT2D eigenvalue weighted by molar-refractivity contribution is 5.64. The fraction of sp³-hybridized carbons (Fsp3) is 0.824. The zero-order valence-corrected chi connectivity index (χ0v) is 14.2. The Labute approximate surface area is 130 Å². The molecule has 0 aliphatic carbocycles. The summed E-state index contributed by atoms with van der Waals surface area (Å²) in [5, 5.41) is 7.96. The lowest BCUT2D eigenvalue weighted by Crippen LogP contribution is -2.10. The highest BCUT2D eigenvalue weighted by Gasteiger charge is 2.10. The van der Waals surface area contributed by atoms with Crippen LogP contribution in [0.15, 0.2) is 0 Å². The van der Waals surface area contributed by atoms with E-state index < -0.39 is 0 Å². The van der Waals surface area contributed by atoms with Gasteiger partial charge in [-0.3, -0.25) is 0 Å². The Morgan fingerprint density at radius 1 is 0.952 bits per heavy atom. The fourth-order valence-corrected chi connectivity index (χ4v) is 2.62. The Morgan fingerprint density at radius 3 is 2.19 bits per heavy atom. The van der Waals surface area contributed by atoms with E-state index in [0.29, 0.717) is 0 Å². The van der Waals surface area contributed by atoms with E-state index in [9.17, 15) is 0 Å². The second-order valence-electron chi connectivity index (χ2n) is 5.97. The molecule has 0 saturated heterocycles. The second-order valence-corrected chi connectivity index (χ2v) is 5.97. The van der Waals surface area contributed by atoms with Crippen LogP contribution in [0.2, 0.25) is 0 Å². The summed E-state index contributed by atoms with van der Waals surface area (Å²) < 4.78 is 2.01. The predicted octanol–water partition coefficient (Wildman–Crippen LogP) is 4.74. The normalized spacial score (nSPS) is 11.0. The maximum atomic E-state index is 6.10. The van der Waals surface area contributed by atoms with Gasteiger partial charge in [0, 0.05) is 13.1 Å². The topological polar surface area (TPSA) is 55.9 Å². The highest BCUT2D eigenvalue weighted by Crippen LogP contribution is 2.22. The van der Waals surface area contributed by atoms with Gasteiger partial charge < -0.3 is 11.1 Å². The minimum Gasteiger partial charge on any atom is -0.394 e. The summed E-state index contributed by atoms with van der Waals surface area (Å²) in [4.78, 5) is 0. The van der Waals surface area contributed by atoms with Crippen molar-refractivity contribution in [3.05, 3.63) is 5.69 Å². The van der Waals surface area contributed by atoms with E-state index in [4.69, 9.17) is 5.73 Å². The van der Waals surface area contributed by atoms with E-state index >= 15 is 0 Å². The van der Waals surface area contributed by atoms with Crippen LogP contribution in [-0.4, -0.2) is 16.3 Å². The molecular formula is C17H34N4. The van der Waals surface area contributed by atoms with Crippen LogP contribution in [0.5, 0.6) is 0 Å². The maximum absolute atomic E-state index is 6.10. The van der Waals surface area contributed by atoms with E-state index in [2.05, 4.69) is 24.3 Å². The predicted molar refractivity (Wildman–Crippen MR) is 92.8 cm³/mol. The van der Waals surface area contributed by atoms with Crippen molar-refractivity contribution in [3.63, 3.8) is 0 Å². The molecule has 0 aliphatic rings. The molecule has 4 nitrogen and oxygen atoms in total. The molecule has 0 saturated carbocycles. The molecule has 0 atom stereocenters. The van der Waals surface area contributed by atoms with Crippen molar-refractivity contribution in [1.29, 1.82) is 0 Å². The maximum Gasteiger partial charge on any atom is 0.148 e. The van der Waals surface area contributed by atoms with Crippen molar-refractivity contribution in [2.24, 2.45) is 0 Å². The molecule has 0 spiro atoms. The Hall–Kier alpha value is -1.19. The van der Waals surface area contributed by atoms with E-state index in [0.717, 1.165) is 36.7 Å². The Balaban J connectivity index is 2.18. The summed E-state index contributed by atoms with van der Waals surface area (Å²) in [6.07, 6.45) is 11.9. The Kier molecular flexibility index (Phi) is 8.95. The van der Waals surface area contributed by atoms with Crippen LogP contribution in [0.4, 0.5) is 11.5 Å². The van der Waals surface area contributed by atoms with Crippen LogP contribution in [0, 0.1) is 6.92 Å². The third kappa shape index (κ3) is 6.40. The molecule has 1 rings (SSSR count). The van der Waals surface area contributed by atoms with Crippen molar-refractivity contribution in [2.75, 3.05) is 17.6 Å². The number of hydrogen-bond acceptors (Lipinski definition) is 3. The monoisotopic (exact) mass is 294 g/mol. The number of rotatable bonds is 12. The van der Waals surface area contributed by atoms with Gasteiger partial charge in [-0.25, -0.2) is 4.68 Å². The molecular weight excluding hydrogens is 260 g/mol. The van der Waals surface area contributed by atoms with Crippen LogP contribution >= 0.6 is 0 Å². The standard InChI is InChI=1S/C17H34N4/c1-4-6-7-8-9-10-11-12-13-19-17-16(18)15(3)20-21(17)14-5-2/h19H,4-14,18H2,1-3H3. The minimum absolute atomic E-state index is 0.808. The lowest BCUT2D eigenvalue weighted by Gasteiger charge is -2.10. The molecule has 1 heterocycles. The number of unbranched alkanes of at least 4 members (excludes halogenated alkanes) is 7. The molecule has 0 fully saturated rings. The largest absolute Gasteiger partial charge is 0.394 e. The summed E-state index contributed by atoms with van der Waals surface area (Å²) in [5.41, 5.74) is 7.84. The van der Waals surface area contributed by atoms with Crippen molar-refractivity contribution >= 4 is 11.5 Å². The molecule has 4 heteroatoms. The third-order valence-corrected chi connectivity index (χ3v) is 3.93. The quantitative estimate of drug-likeness (QED) is 0.548. The number of nitrogens with one attached hydrogen (secondary N) is 1. The van der Waals surface area contributed by atoms with Gasteiger partial charge in [0.25, 0.3) is 0 Å². The van der Waals surface area contributed by atoms with Crippen LogP contribution in [0.3, 0.4) is 0 Å². The first-order chi connectivity index (χ1) is 10.2. The van der Waals surface area contributed by atoms with E-state index in [-0.39, 0.29) is 0 Å². The van der Waals surface area contributed by atoms with Gasteiger partial charge in [-0.15, -0.1) is 0 Å². The minimum atomic E-state index is 0.808. The van der Waals surface area contributed by atoms with Crippen molar-refractivity contribution in [3.8, 4) is 0 Å². The molecule has 1 aromatic rings.